The second kappa shape index (κ2) is 6.40. The summed E-state index contributed by atoms with van der Waals surface area (Å²) in [6.45, 7) is 3.95. The summed E-state index contributed by atoms with van der Waals surface area (Å²) < 4.78 is 5.78. The standard InChI is InChI=1S/C17H22N4O2/c1-12(2)23-14-7-4-3-6-13(14)10-15(22)20-17(8-5-9-17)16-18-11-19-21-16/h3-4,6-7,11-12H,5,8-10H2,1-2H3,(H,20,22)(H,18,19,21). The summed E-state index contributed by atoms with van der Waals surface area (Å²) in [6, 6.07) is 7.67. The summed E-state index contributed by atoms with van der Waals surface area (Å²) in [5.74, 6) is 1.48. The highest BCUT2D eigenvalue weighted by Gasteiger charge is 2.42. The molecule has 2 N–H and O–H groups in total. The predicted molar refractivity (Wildman–Crippen MR) is 86.0 cm³/mol. The number of hydrogen-bond acceptors (Lipinski definition) is 4. The first-order valence-electron chi connectivity index (χ1n) is 8.00. The van der Waals surface area contributed by atoms with Crippen molar-refractivity contribution in [1.82, 2.24) is 20.5 Å². The lowest BCUT2D eigenvalue weighted by Crippen LogP contribution is -2.52. The number of nitrogens with one attached hydrogen (secondary N) is 2. The number of amides is 1. The number of carbonyl (C=O) groups excluding carboxylic acids is 1. The molecule has 0 aliphatic heterocycles. The van der Waals surface area contributed by atoms with Crippen LogP contribution in [0.5, 0.6) is 5.75 Å². The summed E-state index contributed by atoms with van der Waals surface area (Å²) >= 11 is 0. The zero-order valence-corrected chi connectivity index (χ0v) is 13.5. The summed E-state index contributed by atoms with van der Waals surface area (Å²) in [7, 11) is 0. The third-order valence-electron chi connectivity index (χ3n) is 4.14. The third-order valence-corrected chi connectivity index (χ3v) is 4.14. The molecule has 23 heavy (non-hydrogen) atoms. The van der Waals surface area contributed by atoms with Crippen molar-refractivity contribution in [2.75, 3.05) is 0 Å². The molecule has 3 rings (SSSR count). The summed E-state index contributed by atoms with van der Waals surface area (Å²) in [4.78, 5) is 16.7. The van der Waals surface area contributed by atoms with E-state index in [1.54, 1.807) is 0 Å². The van der Waals surface area contributed by atoms with E-state index in [0.29, 0.717) is 6.42 Å². The number of nitrogens with zero attached hydrogens (tertiary/aromatic N) is 2. The fraction of sp³-hybridized carbons (Fsp3) is 0.471. The van der Waals surface area contributed by atoms with Gasteiger partial charge in [0.25, 0.3) is 0 Å². The van der Waals surface area contributed by atoms with Crippen LogP contribution >= 0.6 is 0 Å². The molecule has 1 fully saturated rings. The molecular formula is C17H22N4O2. The molecule has 0 saturated heterocycles. The molecule has 1 aromatic heterocycles. The van der Waals surface area contributed by atoms with Crippen LogP contribution in [-0.4, -0.2) is 27.2 Å². The van der Waals surface area contributed by atoms with Crippen molar-refractivity contribution in [3.8, 4) is 5.75 Å². The van der Waals surface area contributed by atoms with Gasteiger partial charge in [0.2, 0.25) is 5.91 Å². The fourth-order valence-electron chi connectivity index (χ4n) is 2.89. The van der Waals surface area contributed by atoms with E-state index in [1.807, 2.05) is 38.1 Å². The first-order chi connectivity index (χ1) is 11.1. The Kier molecular flexibility index (Phi) is 4.32. The van der Waals surface area contributed by atoms with Crippen LogP contribution in [0.2, 0.25) is 0 Å². The number of ether oxygens (including phenoxy) is 1. The van der Waals surface area contributed by atoms with Crippen molar-refractivity contribution in [3.63, 3.8) is 0 Å². The van der Waals surface area contributed by atoms with Crippen molar-refractivity contribution in [1.29, 1.82) is 0 Å². The van der Waals surface area contributed by atoms with Crippen molar-refractivity contribution in [2.24, 2.45) is 0 Å². The molecule has 1 saturated carbocycles. The lowest BCUT2D eigenvalue weighted by molar-refractivity contribution is -0.123. The monoisotopic (exact) mass is 314 g/mol. The average Bonchev–Trinajstić information content (AvgIpc) is 2.99. The molecule has 0 atom stereocenters. The Hall–Kier alpha value is -2.37. The minimum atomic E-state index is -0.387. The van der Waals surface area contributed by atoms with Crippen LogP contribution in [0.4, 0.5) is 0 Å². The summed E-state index contributed by atoms with van der Waals surface area (Å²) in [6.07, 6.45) is 4.70. The van der Waals surface area contributed by atoms with Crippen molar-refractivity contribution in [2.45, 2.75) is 51.2 Å². The molecule has 0 spiro atoms. The van der Waals surface area contributed by atoms with E-state index in [2.05, 4.69) is 20.5 Å². The van der Waals surface area contributed by atoms with Crippen LogP contribution in [0.1, 0.15) is 44.5 Å². The van der Waals surface area contributed by atoms with Crippen molar-refractivity contribution >= 4 is 5.91 Å². The van der Waals surface area contributed by atoms with Gasteiger partial charge in [-0.05, 0) is 39.2 Å². The molecule has 2 aromatic rings. The van der Waals surface area contributed by atoms with Gasteiger partial charge in [-0.1, -0.05) is 18.2 Å². The maximum atomic E-state index is 12.5. The largest absolute Gasteiger partial charge is 0.491 e. The minimum absolute atomic E-state index is 0.0269. The van der Waals surface area contributed by atoms with Crippen LogP contribution < -0.4 is 10.1 Å². The highest BCUT2D eigenvalue weighted by atomic mass is 16.5. The Bertz CT molecular complexity index is 663. The molecule has 0 bridgehead atoms. The molecule has 1 amide bonds. The van der Waals surface area contributed by atoms with Gasteiger partial charge in [0.15, 0.2) is 0 Å². The highest BCUT2D eigenvalue weighted by Crippen LogP contribution is 2.39. The smallest absolute Gasteiger partial charge is 0.225 e. The molecule has 1 aliphatic rings. The number of aromatic nitrogens is 3. The number of aromatic amines is 1. The van der Waals surface area contributed by atoms with E-state index in [0.717, 1.165) is 36.4 Å². The molecule has 6 heteroatoms. The number of benzene rings is 1. The Morgan fingerprint density at radius 1 is 1.39 bits per heavy atom. The topological polar surface area (TPSA) is 79.9 Å². The molecule has 1 aromatic carbocycles. The number of rotatable bonds is 6. The Morgan fingerprint density at radius 2 is 2.17 bits per heavy atom. The lowest BCUT2D eigenvalue weighted by atomic mass is 9.76. The molecule has 0 unspecified atom stereocenters. The van der Waals surface area contributed by atoms with Gasteiger partial charge in [-0.25, -0.2) is 4.98 Å². The van der Waals surface area contributed by atoms with E-state index in [4.69, 9.17) is 4.74 Å². The Labute approximate surface area is 135 Å². The normalized spacial score (nSPS) is 16.0. The molecule has 1 heterocycles. The third kappa shape index (κ3) is 3.36. The number of hydrogen-bond donors (Lipinski definition) is 2. The number of carbonyl (C=O) groups is 1. The second-order valence-electron chi connectivity index (χ2n) is 6.27. The Balaban J connectivity index is 1.70. The second-order valence-corrected chi connectivity index (χ2v) is 6.27. The van der Waals surface area contributed by atoms with E-state index < -0.39 is 0 Å². The molecule has 122 valence electrons. The minimum Gasteiger partial charge on any atom is -0.491 e. The maximum Gasteiger partial charge on any atom is 0.225 e. The first kappa shape index (κ1) is 15.5. The van der Waals surface area contributed by atoms with Gasteiger partial charge in [0, 0.05) is 5.56 Å². The van der Waals surface area contributed by atoms with Gasteiger partial charge < -0.3 is 10.1 Å². The van der Waals surface area contributed by atoms with E-state index in [-0.39, 0.29) is 17.6 Å². The first-order valence-corrected chi connectivity index (χ1v) is 8.00. The van der Waals surface area contributed by atoms with Gasteiger partial charge in [-0.3, -0.25) is 9.89 Å². The van der Waals surface area contributed by atoms with Crippen LogP contribution in [0.15, 0.2) is 30.6 Å². The van der Waals surface area contributed by atoms with Crippen LogP contribution in [0.25, 0.3) is 0 Å². The number of para-hydroxylation sites is 1. The molecular weight excluding hydrogens is 292 g/mol. The highest BCUT2D eigenvalue weighted by molar-refractivity contribution is 5.80. The van der Waals surface area contributed by atoms with Gasteiger partial charge >= 0.3 is 0 Å². The zero-order chi connectivity index (χ0) is 16.3. The zero-order valence-electron chi connectivity index (χ0n) is 13.5. The SMILES string of the molecule is CC(C)Oc1ccccc1CC(=O)NC1(c2ncn[nH]2)CCC1. The maximum absolute atomic E-state index is 12.5. The molecule has 0 radical (unpaired) electrons. The van der Waals surface area contributed by atoms with E-state index in [1.165, 1.54) is 6.33 Å². The molecule has 6 nitrogen and oxygen atoms in total. The average molecular weight is 314 g/mol. The quantitative estimate of drug-likeness (QED) is 0.857. The van der Waals surface area contributed by atoms with E-state index >= 15 is 0 Å². The van der Waals surface area contributed by atoms with Gasteiger partial charge in [-0.15, -0.1) is 0 Å². The van der Waals surface area contributed by atoms with Crippen LogP contribution in [0.3, 0.4) is 0 Å². The van der Waals surface area contributed by atoms with Crippen molar-refractivity contribution < 1.29 is 9.53 Å². The lowest BCUT2D eigenvalue weighted by Gasteiger charge is -2.40. The van der Waals surface area contributed by atoms with Crippen LogP contribution in [-0.2, 0) is 16.8 Å². The summed E-state index contributed by atoms with van der Waals surface area (Å²) in [5.41, 5.74) is 0.507. The van der Waals surface area contributed by atoms with E-state index in [9.17, 15) is 4.79 Å². The van der Waals surface area contributed by atoms with Gasteiger partial charge in [0.1, 0.15) is 17.9 Å². The van der Waals surface area contributed by atoms with Gasteiger partial charge in [-0.2, -0.15) is 5.10 Å². The van der Waals surface area contributed by atoms with Crippen molar-refractivity contribution in [3.05, 3.63) is 42.0 Å². The Morgan fingerprint density at radius 3 is 2.78 bits per heavy atom. The van der Waals surface area contributed by atoms with Crippen LogP contribution in [0, 0.1) is 0 Å². The molecule has 1 aliphatic carbocycles. The fourth-order valence-corrected chi connectivity index (χ4v) is 2.89. The van der Waals surface area contributed by atoms with Gasteiger partial charge in [0.05, 0.1) is 18.1 Å². The number of H-pyrrole nitrogens is 1. The summed E-state index contributed by atoms with van der Waals surface area (Å²) in [5, 5.41) is 9.92. The predicted octanol–water partition coefficient (Wildman–Crippen LogP) is 2.33.